The molecule has 0 aliphatic carbocycles. The topological polar surface area (TPSA) is 55.1 Å². The smallest absolute Gasteiger partial charge is 0.255 e. The first-order chi connectivity index (χ1) is 9.61. The number of nitrogens with one attached hydrogen (secondary N) is 1. The average molecular weight is 289 g/mol. The van der Waals surface area contributed by atoms with Crippen LogP contribution in [-0.2, 0) is 6.42 Å². The van der Waals surface area contributed by atoms with Crippen molar-refractivity contribution in [3.63, 3.8) is 0 Å². The fourth-order valence-electron chi connectivity index (χ4n) is 2.01. The highest BCUT2D eigenvalue weighted by atomic mass is 35.5. The quantitative estimate of drug-likeness (QED) is 0.831. The molecule has 2 aromatic rings. The lowest BCUT2D eigenvalue weighted by Gasteiger charge is -2.11. The average Bonchev–Trinajstić information content (AvgIpc) is 2.44. The molecule has 0 aliphatic rings. The van der Waals surface area contributed by atoms with Crippen molar-refractivity contribution in [2.45, 2.75) is 19.8 Å². The molecule has 0 radical (unpaired) electrons. The summed E-state index contributed by atoms with van der Waals surface area (Å²) in [6, 6.07) is 12.7. The Hall–Kier alpha value is -2.00. The van der Waals surface area contributed by atoms with Gasteiger partial charge in [-0.3, -0.25) is 4.79 Å². The van der Waals surface area contributed by atoms with Gasteiger partial charge in [-0.15, -0.1) is 0 Å². The molecular formula is C16H17ClN2O. The highest BCUT2D eigenvalue weighted by Crippen LogP contribution is 2.21. The largest absolute Gasteiger partial charge is 0.398 e. The van der Waals surface area contributed by atoms with Gasteiger partial charge < -0.3 is 11.1 Å². The van der Waals surface area contributed by atoms with Crippen LogP contribution in [0.25, 0.3) is 0 Å². The van der Waals surface area contributed by atoms with Gasteiger partial charge in [0.1, 0.15) is 0 Å². The standard InChI is InChI=1S/C16H17ClN2O/c1-2-5-11-6-3-4-7-15(11)19-16(20)12-8-9-13(17)14(18)10-12/h3-4,6-10H,2,5,18H2,1H3,(H,19,20). The second-order valence-electron chi connectivity index (χ2n) is 4.60. The number of aryl methyl sites for hydroxylation is 1. The molecule has 0 aromatic heterocycles. The number of rotatable bonds is 4. The Morgan fingerprint density at radius 1 is 1.25 bits per heavy atom. The summed E-state index contributed by atoms with van der Waals surface area (Å²) in [5, 5.41) is 3.37. The predicted octanol–water partition coefficient (Wildman–Crippen LogP) is 4.13. The Labute approximate surface area is 123 Å². The van der Waals surface area contributed by atoms with Crippen LogP contribution < -0.4 is 11.1 Å². The summed E-state index contributed by atoms with van der Waals surface area (Å²) < 4.78 is 0. The molecule has 3 N–H and O–H groups in total. The van der Waals surface area contributed by atoms with Gasteiger partial charge in [0.15, 0.2) is 0 Å². The number of benzene rings is 2. The summed E-state index contributed by atoms with van der Waals surface area (Å²) in [4.78, 5) is 12.2. The lowest BCUT2D eigenvalue weighted by Crippen LogP contribution is -2.13. The number of nitrogen functional groups attached to an aromatic ring is 1. The Balaban J connectivity index is 2.21. The second-order valence-corrected chi connectivity index (χ2v) is 5.00. The minimum absolute atomic E-state index is 0.183. The molecule has 0 bridgehead atoms. The lowest BCUT2D eigenvalue weighted by molar-refractivity contribution is 0.102. The molecule has 0 fully saturated rings. The van der Waals surface area contributed by atoms with Crippen LogP contribution in [0.5, 0.6) is 0 Å². The maximum absolute atomic E-state index is 12.2. The Bertz CT molecular complexity index is 626. The first-order valence-electron chi connectivity index (χ1n) is 6.56. The molecule has 0 saturated heterocycles. The molecule has 104 valence electrons. The van der Waals surface area contributed by atoms with Crippen LogP contribution in [-0.4, -0.2) is 5.91 Å². The molecule has 0 unspecified atom stereocenters. The van der Waals surface area contributed by atoms with Crippen molar-refractivity contribution in [3.05, 3.63) is 58.6 Å². The zero-order valence-electron chi connectivity index (χ0n) is 11.3. The van der Waals surface area contributed by atoms with Crippen molar-refractivity contribution in [3.8, 4) is 0 Å². The fraction of sp³-hybridized carbons (Fsp3) is 0.188. The van der Waals surface area contributed by atoms with Crippen molar-refractivity contribution < 1.29 is 4.79 Å². The maximum atomic E-state index is 12.2. The maximum Gasteiger partial charge on any atom is 0.255 e. The van der Waals surface area contributed by atoms with Crippen LogP contribution in [0.2, 0.25) is 5.02 Å². The fourth-order valence-corrected chi connectivity index (χ4v) is 2.13. The molecule has 2 aromatic carbocycles. The minimum Gasteiger partial charge on any atom is -0.398 e. The van der Waals surface area contributed by atoms with Gasteiger partial charge in [0.25, 0.3) is 5.91 Å². The summed E-state index contributed by atoms with van der Waals surface area (Å²) in [7, 11) is 0. The van der Waals surface area contributed by atoms with Gasteiger partial charge in [-0.05, 0) is 36.2 Å². The molecule has 4 heteroatoms. The Morgan fingerprint density at radius 3 is 2.70 bits per heavy atom. The van der Waals surface area contributed by atoms with Crippen LogP contribution in [0.3, 0.4) is 0 Å². The summed E-state index contributed by atoms with van der Waals surface area (Å²) >= 11 is 5.86. The molecular weight excluding hydrogens is 272 g/mol. The summed E-state index contributed by atoms with van der Waals surface area (Å²) in [6.07, 6.45) is 1.96. The van der Waals surface area contributed by atoms with Crippen LogP contribution in [0, 0.1) is 0 Å². The zero-order valence-corrected chi connectivity index (χ0v) is 12.1. The number of carbonyl (C=O) groups is 1. The number of halogens is 1. The van der Waals surface area contributed by atoms with E-state index in [9.17, 15) is 4.79 Å². The SMILES string of the molecule is CCCc1ccccc1NC(=O)c1ccc(Cl)c(N)c1. The van der Waals surface area contributed by atoms with E-state index in [4.69, 9.17) is 17.3 Å². The first kappa shape index (κ1) is 14.4. The van der Waals surface area contributed by atoms with E-state index in [1.54, 1.807) is 18.2 Å². The molecule has 1 amide bonds. The zero-order chi connectivity index (χ0) is 14.5. The van der Waals surface area contributed by atoms with E-state index in [-0.39, 0.29) is 5.91 Å². The van der Waals surface area contributed by atoms with E-state index in [0.717, 1.165) is 24.1 Å². The Kier molecular flexibility index (Phi) is 4.64. The van der Waals surface area contributed by atoms with E-state index in [1.807, 2.05) is 24.3 Å². The molecule has 0 atom stereocenters. The van der Waals surface area contributed by atoms with Gasteiger partial charge >= 0.3 is 0 Å². The van der Waals surface area contributed by atoms with Crippen molar-refractivity contribution in [1.29, 1.82) is 0 Å². The van der Waals surface area contributed by atoms with E-state index in [2.05, 4.69) is 12.2 Å². The van der Waals surface area contributed by atoms with Gasteiger partial charge in [-0.2, -0.15) is 0 Å². The van der Waals surface area contributed by atoms with Gasteiger partial charge in [-0.25, -0.2) is 0 Å². The number of amides is 1. The molecule has 0 heterocycles. The predicted molar refractivity (Wildman–Crippen MR) is 84.3 cm³/mol. The number of hydrogen-bond donors (Lipinski definition) is 2. The number of carbonyl (C=O) groups excluding carboxylic acids is 1. The summed E-state index contributed by atoms with van der Waals surface area (Å²) in [5.74, 6) is -0.183. The van der Waals surface area contributed by atoms with Crippen LogP contribution in [0.1, 0.15) is 29.3 Å². The molecule has 2 rings (SSSR count). The van der Waals surface area contributed by atoms with Crippen molar-refractivity contribution in [2.75, 3.05) is 11.1 Å². The van der Waals surface area contributed by atoms with Gasteiger partial charge in [-0.1, -0.05) is 43.1 Å². The molecule has 3 nitrogen and oxygen atoms in total. The van der Waals surface area contributed by atoms with E-state index in [1.165, 1.54) is 0 Å². The number of nitrogens with two attached hydrogens (primary N) is 1. The summed E-state index contributed by atoms with van der Waals surface area (Å²) in [6.45, 7) is 2.11. The van der Waals surface area contributed by atoms with Crippen LogP contribution in [0.4, 0.5) is 11.4 Å². The highest BCUT2D eigenvalue weighted by Gasteiger charge is 2.10. The third kappa shape index (κ3) is 3.31. The number of para-hydroxylation sites is 1. The van der Waals surface area contributed by atoms with Crippen molar-refractivity contribution in [2.24, 2.45) is 0 Å². The molecule has 0 spiro atoms. The van der Waals surface area contributed by atoms with Crippen LogP contribution in [0.15, 0.2) is 42.5 Å². The monoisotopic (exact) mass is 288 g/mol. The normalized spacial score (nSPS) is 10.3. The first-order valence-corrected chi connectivity index (χ1v) is 6.94. The Morgan fingerprint density at radius 2 is 2.00 bits per heavy atom. The lowest BCUT2D eigenvalue weighted by atomic mass is 10.1. The third-order valence-electron chi connectivity index (χ3n) is 3.04. The van der Waals surface area contributed by atoms with Gasteiger partial charge in [0.2, 0.25) is 0 Å². The number of anilines is 2. The molecule has 20 heavy (non-hydrogen) atoms. The van der Waals surface area contributed by atoms with E-state index < -0.39 is 0 Å². The van der Waals surface area contributed by atoms with Crippen LogP contribution >= 0.6 is 11.6 Å². The molecule has 0 aliphatic heterocycles. The number of hydrogen-bond acceptors (Lipinski definition) is 2. The second kappa shape index (κ2) is 6.44. The molecule has 0 saturated carbocycles. The minimum atomic E-state index is -0.183. The summed E-state index contributed by atoms with van der Waals surface area (Å²) in [5.41, 5.74) is 8.59. The third-order valence-corrected chi connectivity index (χ3v) is 3.39. The van der Waals surface area contributed by atoms with E-state index in [0.29, 0.717) is 16.3 Å². The van der Waals surface area contributed by atoms with Gasteiger partial charge in [0.05, 0.1) is 10.7 Å². The highest BCUT2D eigenvalue weighted by molar-refractivity contribution is 6.33. The van der Waals surface area contributed by atoms with Crippen molar-refractivity contribution >= 4 is 28.9 Å². The van der Waals surface area contributed by atoms with Gasteiger partial charge in [0, 0.05) is 11.3 Å². The van der Waals surface area contributed by atoms with E-state index >= 15 is 0 Å². The van der Waals surface area contributed by atoms with Crippen molar-refractivity contribution in [1.82, 2.24) is 0 Å².